The summed E-state index contributed by atoms with van der Waals surface area (Å²) in [6.45, 7) is 4.51. The number of hydrogen-bond acceptors (Lipinski definition) is 1. The van der Waals surface area contributed by atoms with Gasteiger partial charge in [-0.3, -0.25) is 4.79 Å². The first-order valence-corrected chi connectivity index (χ1v) is 5.68. The van der Waals surface area contributed by atoms with Gasteiger partial charge in [-0.2, -0.15) is 0 Å². The van der Waals surface area contributed by atoms with Crippen LogP contribution < -0.4 is 5.32 Å². The van der Waals surface area contributed by atoms with Gasteiger partial charge in [0.15, 0.2) is 0 Å². The van der Waals surface area contributed by atoms with E-state index in [4.69, 9.17) is 11.6 Å². The van der Waals surface area contributed by atoms with E-state index in [0.29, 0.717) is 17.1 Å². The molecule has 0 aromatic heterocycles. The summed E-state index contributed by atoms with van der Waals surface area (Å²) in [5.41, 5.74) is 1.58. The molecule has 1 aromatic rings. The molecule has 0 bridgehead atoms. The number of carbonyl (C=O) groups is 1. The first-order valence-electron chi connectivity index (χ1n) is 5.30. The molecule has 3 heteroatoms. The number of hydrogen-bond donors (Lipinski definition) is 1. The zero-order valence-electron chi connectivity index (χ0n) is 9.59. The maximum atomic E-state index is 11.8. The van der Waals surface area contributed by atoms with E-state index in [1.807, 2.05) is 32.1 Å². The Kier molecular flexibility index (Phi) is 5.06. The number of amides is 1. The van der Waals surface area contributed by atoms with Gasteiger partial charge in [0.2, 0.25) is 0 Å². The number of allylic oxidation sites excluding steroid dienone is 1. The molecule has 1 aromatic carbocycles. The predicted molar refractivity (Wildman–Crippen MR) is 68.0 cm³/mol. The molecule has 0 saturated carbocycles. The number of rotatable bonds is 4. The number of carbonyl (C=O) groups excluding carboxylic acids is 1. The van der Waals surface area contributed by atoms with Crippen molar-refractivity contribution < 1.29 is 4.79 Å². The van der Waals surface area contributed by atoms with E-state index < -0.39 is 0 Å². The Labute approximate surface area is 101 Å². The van der Waals surface area contributed by atoms with Crippen molar-refractivity contribution in [2.75, 3.05) is 6.54 Å². The van der Waals surface area contributed by atoms with Crippen LogP contribution in [0.15, 0.2) is 30.4 Å². The minimum absolute atomic E-state index is 0.0653. The lowest BCUT2D eigenvalue weighted by atomic mass is 10.1. The minimum Gasteiger partial charge on any atom is -0.352 e. The Morgan fingerprint density at radius 2 is 2.25 bits per heavy atom. The second-order valence-corrected chi connectivity index (χ2v) is 4.01. The molecule has 0 heterocycles. The fraction of sp³-hybridized carbons (Fsp3) is 0.308. The van der Waals surface area contributed by atoms with Crippen LogP contribution in [0.3, 0.4) is 0 Å². The summed E-state index contributed by atoms with van der Waals surface area (Å²) in [7, 11) is 0. The van der Waals surface area contributed by atoms with Gasteiger partial charge in [-0.1, -0.05) is 29.8 Å². The largest absolute Gasteiger partial charge is 0.352 e. The molecule has 2 nitrogen and oxygen atoms in total. The fourth-order valence-corrected chi connectivity index (χ4v) is 1.54. The summed E-state index contributed by atoms with van der Waals surface area (Å²) in [5, 5.41) is 3.44. The van der Waals surface area contributed by atoms with Gasteiger partial charge in [0.25, 0.3) is 5.91 Å². The van der Waals surface area contributed by atoms with E-state index in [-0.39, 0.29) is 5.91 Å². The third kappa shape index (κ3) is 3.70. The van der Waals surface area contributed by atoms with E-state index in [1.54, 1.807) is 12.1 Å². The highest BCUT2D eigenvalue weighted by molar-refractivity contribution is 6.31. The number of halogens is 1. The monoisotopic (exact) mass is 237 g/mol. The molecule has 16 heavy (non-hydrogen) atoms. The van der Waals surface area contributed by atoms with Crippen molar-refractivity contribution >= 4 is 17.5 Å². The average Bonchev–Trinajstić information content (AvgIpc) is 2.27. The third-order valence-corrected chi connectivity index (χ3v) is 2.51. The summed E-state index contributed by atoms with van der Waals surface area (Å²) in [5.74, 6) is -0.0653. The number of nitrogens with one attached hydrogen (secondary N) is 1. The Balaban J connectivity index is 2.62. The number of benzene rings is 1. The average molecular weight is 238 g/mol. The highest BCUT2D eigenvalue weighted by atomic mass is 35.5. The lowest BCUT2D eigenvalue weighted by Gasteiger charge is -2.06. The van der Waals surface area contributed by atoms with Crippen LogP contribution in [0.25, 0.3) is 0 Å². The van der Waals surface area contributed by atoms with Crippen molar-refractivity contribution in [3.63, 3.8) is 0 Å². The molecule has 0 spiro atoms. The Bertz CT molecular complexity index is 399. The van der Waals surface area contributed by atoms with E-state index in [9.17, 15) is 4.79 Å². The molecular weight excluding hydrogens is 222 g/mol. The van der Waals surface area contributed by atoms with Crippen molar-refractivity contribution in [3.8, 4) is 0 Å². The molecule has 0 saturated heterocycles. The van der Waals surface area contributed by atoms with Crippen LogP contribution >= 0.6 is 11.6 Å². The maximum Gasteiger partial charge on any atom is 0.251 e. The molecule has 0 fully saturated rings. The third-order valence-electron chi connectivity index (χ3n) is 2.28. The van der Waals surface area contributed by atoms with Gasteiger partial charge >= 0.3 is 0 Å². The predicted octanol–water partition coefficient (Wildman–Crippen LogP) is 3.34. The van der Waals surface area contributed by atoms with Crippen molar-refractivity contribution in [1.29, 1.82) is 0 Å². The molecule has 1 rings (SSSR count). The van der Waals surface area contributed by atoms with E-state index in [2.05, 4.69) is 5.32 Å². The molecule has 0 aliphatic heterocycles. The quantitative estimate of drug-likeness (QED) is 0.632. The summed E-state index contributed by atoms with van der Waals surface area (Å²) in [6, 6.07) is 5.33. The van der Waals surface area contributed by atoms with Crippen LogP contribution in [0.4, 0.5) is 0 Å². The molecule has 0 aliphatic carbocycles. The molecule has 1 amide bonds. The lowest BCUT2D eigenvalue weighted by molar-refractivity contribution is 0.0954. The summed E-state index contributed by atoms with van der Waals surface area (Å²) < 4.78 is 0. The fourth-order valence-electron chi connectivity index (χ4n) is 1.37. The van der Waals surface area contributed by atoms with Crippen molar-refractivity contribution in [2.45, 2.75) is 20.3 Å². The molecule has 0 radical (unpaired) electrons. The maximum absolute atomic E-state index is 11.8. The number of aryl methyl sites for hydroxylation is 1. The van der Waals surface area contributed by atoms with Crippen LogP contribution in [-0.4, -0.2) is 12.5 Å². The van der Waals surface area contributed by atoms with Gasteiger partial charge < -0.3 is 5.32 Å². The topological polar surface area (TPSA) is 29.1 Å². The summed E-state index contributed by atoms with van der Waals surface area (Å²) >= 11 is 5.85. The van der Waals surface area contributed by atoms with Crippen LogP contribution in [0.1, 0.15) is 29.3 Å². The van der Waals surface area contributed by atoms with Crippen molar-refractivity contribution in [3.05, 3.63) is 46.5 Å². The van der Waals surface area contributed by atoms with E-state index in [1.165, 1.54) is 0 Å². The van der Waals surface area contributed by atoms with Crippen LogP contribution in [-0.2, 0) is 0 Å². The zero-order valence-corrected chi connectivity index (χ0v) is 10.3. The summed E-state index contributed by atoms with van der Waals surface area (Å²) in [4.78, 5) is 11.8. The van der Waals surface area contributed by atoms with Crippen molar-refractivity contribution in [1.82, 2.24) is 5.32 Å². The van der Waals surface area contributed by atoms with Crippen LogP contribution in [0.5, 0.6) is 0 Å². The lowest BCUT2D eigenvalue weighted by Crippen LogP contribution is -2.24. The van der Waals surface area contributed by atoms with Gasteiger partial charge in [-0.05, 0) is 38.0 Å². The van der Waals surface area contributed by atoms with Gasteiger partial charge in [-0.15, -0.1) is 0 Å². The molecule has 0 atom stereocenters. The van der Waals surface area contributed by atoms with E-state index in [0.717, 1.165) is 12.0 Å². The first-order chi connectivity index (χ1) is 7.65. The smallest absolute Gasteiger partial charge is 0.251 e. The van der Waals surface area contributed by atoms with Crippen LogP contribution in [0, 0.1) is 6.92 Å². The molecule has 0 unspecified atom stereocenters. The SMILES string of the molecule is C/C=C/CCNC(=O)c1cc(Cl)ccc1C. The Morgan fingerprint density at radius 1 is 1.50 bits per heavy atom. The minimum atomic E-state index is -0.0653. The second kappa shape index (κ2) is 6.33. The molecule has 86 valence electrons. The van der Waals surface area contributed by atoms with Crippen molar-refractivity contribution in [2.24, 2.45) is 0 Å². The van der Waals surface area contributed by atoms with Gasteiger partial charge in [-0.25, -0.2) is 0 Å². The highest BCUT2D eigenvalue weighted by Crippen LogP contribution is 2.15. The Hall–Kier alpha value is -1.28. The van der Waals surface area contributed by atoms with Gasteiger partial charge in [0.1, 0.15) is 0 Å². The van der Waals surface area contributed by atoms with Gasteiger partial charge in [0.05, 0.1) is 0 Å². The zero-order chi connectivity index (χ0) is 12.0. The molecule has 0 aliphatic rings. The summed E-state index contributed by atoms with van der Waals surface area (Å²) in [6.07, 6.45) is 4.84. The Morgan fingerprint density at radius 3 is 2.94 bits per heavy atom. The molecular formula is C13H16ClNO. The first kappa shape index (κ1) is 12.8. The van der Waals surface area contributed by atoms with Gasteiger partial charge in [0, 0.05) is 17.1 Å². The standard InChI is InChI=1S/C13H16ClNO/c1-3-4-5-8-15-13(16)12-9-11(14)7-6-10(12)2/h3-4,6-7,9H,5,8H2,1-2H3,(H,15,16)/b4-3+. The highest BCUT2D eigenvalue weighted by Gasteiger charge is 2.08. The van der Waals surface area contributed by atoms with Crippen LogP contribution in [0.2, 0.25) is 5.02 Å². The van der Waals surface area contributed by atoms with E-state index >= 15 is 0 Å². The second-order valence-electron chi connectivity index (χ2n) is 3.57. The molecule has 1 N–H and O–H groups in total. The normalized spacial score (nSPS) is 10.7.